The van der Waals surface area contributed by atoms with Crippen molar-refractivity contribution >= 4 is 33.9 Å². The molecule has 1 atom stereocenters. The van der Waals surface area contributed by atoms with Crippen molar-refractivity contribution in [2.45, 2.75) is 54.9 Å². The fourth-order valence-corrected chi connectivity index (χ4v) is 6.10. The first-order chi connectivity index (χ1) is 14.6. The van der Waals surface area contributed by atoms with E-state index in [0.29, 0.717) is 16.7 Å². The van der Waals surface area contributed by atoms with Gasteiger partial charge in [-0.05, 0) is 32.1 Å². The maximum Gasteiger partial charge on any atom is 0.131 e. The van der Waals surface area contributed by atoms with Gasteiger partial charge in [0.15, 0.2) is 0 Å². The number of nitrogens with one attached hydrogen (secondary N) is 1. The molecule has 2 N–H and O–H groups in total. The van der Waals surface area contributed by atoms with Crippen molar-refractivity contribution in [2.24, 2.45) is 0 Å². The second-order valence-corrected chi connectivity index (χ2v) is 10.5. The number of aliphatic hydroxyl groups excluding tert-OH is 1. The third kappa shape index (κ3) is 3.69. The van der Waals surface area contributed by atoms with Crippen molar-refractivity contribution in [1.82, 2.24) is 15.0 Å². The molecule has 160 valence electrons. The van der Waals surface area contributed by atoms with Crippen LogP contribution in [-0.4, -0.2) is 55.3 Å². The van der Waals surface area contributed by atoms with E-state index in [-0.39, 0.29) is 12.1 Å². The number of halogens is 1. The van der Waals surface area contributed by atoms with E-state index in [9.17, 15) is 9.32 Å². The lowest BCUT2D eigenvalue weighted by Crippen LogP contribution is -2.48. The summed E-state index contributed by atoms with van der Waals surface area (Å²) in [5.74, 6) is 2.74. The molecule has 0 unspecified atom stereocenters. The highest BCUT2D eigenvalue weighted by Crippen LogP contribution is 2.40. The zero-order chi connectivity index (χ0) is 20.7. The number of aryl methyl sites for hydroxylation is 1. The van der Waals surface area contributed by atoms with Gasteiger partial charge in [0.25, 0.3) is 0 Å². The van der Waals surface area contributed by atoms with Crippen molar-refractivity contribution in [3.05, 3.63) is 35.0 Å². The van der Waals surface area contributed by atoms with E-state index in [1.165, 1.54) is 0 Å². The molecule has 0 amide bonds. The number of piperidine rings is 1. The van der Waals surface area contributed by atoms with Crippen LogP contribution in [0.4, 0.5) is 11.5 Å². The van der Waals surface area contributed by atoms with Crippen LogP contribution in [0.2, 0.25) is 5.02 Å². The van der Waals surface area contributed by atoms with Gasteiger partial charge < -0.3 is 15.3 Å². The maximum absolute atomic E-state index is 12.6. The van der Waals surface area contributed by atoms with Crippen LogP contribution in [-0.2, 0) is 17.2 Å². The first-order valence-corrected chi connectivity index (χ1v) is 12.3. The fourth-order valence-electron chi connectivity index (χ4n) is 4.65. The van der Waals surface area contributed by atoms with Crippen LogP contribution in [0.15, 0.2) is 23.4 Å². The Hall–Kier alpha value is -1.77. The Morgan fingerprint density at radius 3 is 2.63 bits per heavy atom. The molecule has 2 fully saturated rings. The average molecular weight is 448 g/mol. The molecule has 2 aliphatic heterocycles. The number of aliphatic hydroxyl groups is 1. The molecule has 1 saturated carbocycles. The van der Waals surface area contributed by atoms with E-state index >= 15 is 0 Å². The van der Waals surface area contributed by atoms with Crippen LogP contribution in [0.1, 0.15) is 49.5 Å². The van der Waals surface area contributed by atoms with E-state index in [2.05, 4.69) is 20.2 Å². The Morgan fingerprint density at radius 1 is 1.27 bits per heavy atom. The molecule has 2 aromatic rings. The highest BCUT2D eigenvalue weighted by Gasteiger charge is 2.38. The lowest BCUT2D eigenvalue weighted by molar-refractivity contribution is 0.144. The lowest BCUT2D eigenvalue weighted by atomic mass is 9.77. The van der Waals surface area contributed by atoms with Crippen LogP contribution >= 0.6 is 11.6 Å². The molecular weight excluding hydrogens is 422 g/mol. The van der Waals surface area contributed by atoms with Gasteiger partial charge in [-0.25, -0.2) is 15.0 Å². The summed E-state index contributed by atoms with van der Waals surface area (Å²) in [5.41, 5.74) is 1.55. The van der Waals surface area contributed by atoms with Crippen molar-refractivity contribution in [3.8, 4) is 0 Å². The van der Waals surface area contributed by atoms with E-state index in [4.69, 9.17) is 16.6 Å². The highest BCUT2D eigenvalue weighted by atomic mass is 35.5. The molecule has 1 aliphatic carbocycles. The van der Waals surface area contributed by atoms with Crippen molar-refractivity contribution in [1.29, 1.82) is 0 Å². The first kappa shape index (κ1) is 20.2. The van der Waals surface area contributed by atoms with E-state index in [1.807, 2.05) is 6.07 Å². The molecule has 2 aromatic heterocycles. The molecule has 3 aliphatic rings. The topological polar surface area (TPSA) is 91.2 Å². The zero-order valence-electron chi connectivity index (χ0n) is 16.8. The van der Waals surface area contributed by atoms with Gasteiger partial charge in [0, 0.05) is 49.6 Å². The number of rotatable bonds is 5. The molecule has 0 radical (unpaired) electrons. The summed E-state index contributed by atoms with van der Waals surface area (Å²) in [7, 11) is -1.02. The number of hydrogen-bond donors (Lipinski definition) is 2. The zero-order valence-corrected chi connectivity index (χ0v) is 18.4. The molecule has 0 aromatic carbocycles. The molecule has 4 heterocycles. The summed E-state index contributed by atoms with van der Waals surface area (Å²) in [5, 5.41) is 14.0. The van der Waals surface area contributed by atoms with Crippen LogP contribution in [0.3, 0.4) is 0 Å². The van der Waals surface area contributed by atoms with E-state index in [1.54, 1.807) is 12.4 Å². The smallest absolute Gasteiger partial charge is 0.131 e. The lowest BCUT2D eigenvalue weighted by Gasteiger charge is -2.42. The van der Waals surface area contributed by atoms with Crippen LogP contribution < -0.4 is 10.2 Å². The fraction of sp³-hybridized carbons (Fsp3) is 0.571. The predicted molar refractivity (Wildman–Crippen MR) is 118 cm³/mol. The second kappa shape index (κ2) is 8.05. The predicted octanol–water partition coefficient (Wildman–Crippen LogP) is 2.90. The maximum atomic E-state index is 12.6. The Balaban J connectivity index is 1.37. The normalized spacial score (nSPS) is 23.1. The van der Waals surface area contributed by atoms with Gasteiger partial charge in [0.2, 0.25) is 0 Å². The van der Waals surface area contributed by atoms with Gasteiger partial charge in [-0.1, -0.05) is 11.6 Å². The molecule has 5 rings (SSSR count). The SMILES string of the molecule is O=[S@]1CCc2nc(N3CCC(c4ncc(Cl)cn4)CC3)cc(NC3(CO)CCC3)c21. The van der Waals surface area contributed by atoms with Gasteiger partial charge in [-0.15, -0.1) is 0 Å². The summed E-state index contributed by atoms with van der Waals surface area (Å²) in [4.78, 5) is 16.8. The van der Waals surface area contributed by atoms with Crippen molar-refractivity contribution in [3.63, 3.8) is 0 Å². The third-order valence-electron chi connectivity index (χ3n) is 6.62. The molecule has 1 saturated heterocycles. The average Bonchev–Trinajstić information content (AvgIpc) is 3.12. The van der Waals surface area contributed by atoms with Crippen molar-refractivity contribution < 1.29 is 9.32 Å². The summed E-state index contributed by atoms with van der Waals surface area (Å²) in [6.07, 6.45) is 8.96. The number of anilines is 2. The van der Waals surface area contributed by atoms with Gasteiger partial charge >= 0.3 is 0 Å². The summed E-state index contributed by atoms with van der Waals surface area (Å²) >= 11 is 5.91. The number of hydrogen-bond acceptors (Lipinski definition) is 7. The minimum absolute atomic E-state index is 0.0958. The molecule has 0 spiro atoms. The van der Waals surface area contributed by atoms with Crippen LogP contribution in [0, 0.1) is 0 Å². The number of pyridine rings is 1. The Labute approximate surface area is 183 Å². The second-order valence-electron chi connectivity index (χ2n) is 8.54. The molecule has 0 bridgehead atoms. The quantitative estimate of drug-likeness (QED) is 0.728. The first-order valence-electron chi connectivity index (χ1n) is 10.6. The number of fused-ring (bicyclic) bond motifs is 1. The van der Waals surface area contributed by atoms with Gasteiger partial charge in [-0.3, -0.25) is 4.21 Å². The van der Waals surface area contributed by atoms with E-state index in [0.717, 1.165) is 79.5 Å². The van der Waals surface area contributed by atoms with Crippen LogP contribution in [0.5, 0.6) is 0 Å². The third-order valence-corrected chi connectivity index (χ3v) is 8.30. The molecule has 9 heteroatoms. The largest absolute Gasteiger partial charge is 0.394 e. The standard InChI is InChI=1S/C21H26ClN5O2S/c22-15-11-23-20(24-12-15)14-2-7-27(8-3-14)18-10-17(26-21(13-28)5-1-6-21)19-16(25-18)4-9-30(19)29/h10-12,14,28H,1-9,13H2,(H,25,26)/t30-/m0/s1. The van der Waals surface area contributed by atoms with E-state index < -0.39 is 10.8 Å². The van der Waals surface area contributed by atoms with Gasteiger partial charge in [0.1, 0.15) is 11.6 Å². The Bertz CT molecular complexity index is 953. The Kier molecular flexibility index (Phi) is 5.41. The minimum atomic E-state index is -1.02. The van der Waals surface area contributed by atoms with Crippen molar-refractivity contribution in [2.75, 3.05) is 35.7 Å². The summed E-state index contributed by atoms with van der Waals surface area (Å²) in [6.45, 7) is 1.84. The number of nitrogens with zero attached hydrogens (tertiary/aromatic N) is 4. The summed E-state index contributed by atoms with van der Waals surface area (Å²) in [6, 6.07) is 2.04. The summed E-state index contributed by atoms with van der Waals surface area (Å²) < 4.78 is 12.6. The Morgan fingerprint density at radius 2 is 2.00 bits per heavy atom. The minimum Gasteiger partial charge on any atom is -0.394 e. The monoisotopic (exact) mass is 447 g/mol. The van der Waals surface area contributed by atoms with Gasteiger partial charge in [-0.2, -0.15) is 0 Å². The highest BCUT2D eigenvalue weighted by molar-refractivity contribution is 7.85. The number of aromatic nitrogens is 3. The van der Waals surface area contributed by atoms with Gasteiger partial charge in [0.05, 0.1) is 44.2 Å². The molecule has 7 nitrogen and oxygen atoms in total. The van der Waals surface area contributed by atoms with Crippen LogP contribution in [0.25, 0.3) is 0 Å². The molecule has 30 heavy (non-hydrogen) atoms. The molecular formula is C21H26ClN5O2S.